The number of thiazole rings is 1. The summed E-state index contributed by atoms with van der Waals surface area (Å²) >= 11 is 1.47. The molecule has 0 saturated carbocycles. The Balaban J connectivity index is 1.36. The van der Waals surface area contributed by atoms with Gasteiger partial charge < -0.3 is 10.6 Å². The molecule has 1 unspecified atom stereocenters. The largest absolute Gasteiger partial charge is 0.326 e. The monoisotopic (exact) mass is 405 g/mol. The fourth-order valence-corrected chi connectivity index (χ4v) is 4.41. The highest BCUT2D eigenvalue weighted by Gasteiger charge is 2.26. The number of carbonyl (C=O) groups is 2. The Morgan fingerprint density at radius 2 is 1.93 bits per heavy atom. The molecular formula is C23H23N3O2S. The summed E-state index contributed by atoms with van der Waals surface area (Å²) in [5, 5.41) is 6.43. The number of aromatic nitrogens is 1. The predicted molar refractivity (Wildman–Crippen MR) is 117 cm³/mol. The van der Waals surface area contributed by atoms with Crippen molar-refractivity contribution in [2.45, 2.75) is 33.1 Å². The molecule has 1 atom stereocenters. The number of nitrogens with one attached hydrogen (secondary N) is 2. The average Bonchev–Trinajstić information content (AvgIpc) is 3.07. The zero-order valence-electron chi connectivity index (χ0n) is 16.5. The van der Waals surface area contributed by atoms with Crippen LogP contribution in [0.15, 0.2) is 48.5 Å². The first-order valence-corrected chi connectivity index (χ1v) is 10.5. The molecule has 4 rings (SSSR count). The first kappa shape index (κ1) is 19.3. The minimum Gasteiger partial charge on any atom is -0.326 e. The van der Waals surface area contributed by atoms with Gasteiger partial charge in [0, 0.05) is 28.5 Å². The number of fused-ring (bicyclic) bond motifs is 1. The molecule has 2 aromatic carbocycles. The number of hydrogen-bond acceptors (Lipinski definition) is 4. The standard InChI is InChI=1S/C23H23N3O2S/c1-14-7-9-16(10-8-14)21-15(2)29-23(26-21)25-20(27)12-11-18-13-17-5-3-4-6-19(17)24-22(18)28/h3-10,18H,11-13H2,1-2H3,(H,24,28)(H,25,26,27). The molecule has 0 spiro atoms. The summed E-state index contributed by atoms with van der Waals surface area (Å²) in [6.07, 6.45) is 1.48. The van der Waals surface area contributed by atoms with Crippen LogP contribution in [0.25, 0.3) is 11.3 Å². The van der Waals surface area contributed by atoms with E-state index in [1.807, 2.05) is 43.3 Å². The number of para-hydroxylation sites is 1. The van der Waals surface area contributed by atoms with Crippen molar-refractivity contribution in [1.29, 1.82) is 0 Å². The maximum Gasteiger partial charge on any atom is 0.227 e. The summed E-state index contributed by atoms with van der Waals surface area (Å²) in [5.74, 6) is -0.305. The lowest BCUT2D eigenvalue weighted by molar-refractivity contribution is -0.121. The third kappa shape index (κ3) is 4.38. The van der Waals surface area contributed by atoms with Gasteiger partial charge in [0.05, 0.1) is 5.69 Å². The second-order valence-corrected chi connectivity index (χ2v) is 8.63. The molecule has 5 nitrogen and oxygen atoms in total. The Morgan fingerprint density at radius 1 is 1.17 bits per heavy atom. The van der Waals surface area contributed by atoms with Crippen LogP contribution < -0.4 is 10.6 Å². The van der Waals surface area contributed by atoms with Gasteiger partial charge in [0.25, 0.3) is 0 Å². The normalized spacial score (nSPS) is 15.5. The lowest BCUT2D eigenvalue weighted by Crippen LogP contribution is -2.30. The number of benzene rings is 2. The van der Waals surface area contributed by atoms with E-state index in [1.165, 1.54) is 16.9 Å². The van der Waals surface area contributed by atoms with Crippen molar-refractivity contribution in [3.05, 3.63) is 64.5 Å². The fraction of sp³-hybridized carbons (Fsp3) is 0.261. The van der Waals surface area contributed by atoms with E-state index in [4.69, 9.17) is 0 Å². The quantitative estimate of drug-likeness (QED) is 0.630. The van der Waals surface area contributed by atoms with Crippen LogP contribution in [0.4, 0.5) is 10.8 Å². The van der Waals surface area contributed by atoms with Crippen LogP contribution in [0, 0.1) is 19.8 Å². The van der Waals surface area contributed by atoms with Crippen LogP contribution in [0.5, 0.6) is 0 Å². The van der Waals surface area contributed by atoms with Gasteiger partial charge in [0.2, 0.25) is 11.8 Å². The molecule has 0 radical (unpaired) electrons. The number of nitrogens with zero attached hydrogens (tertiary/aromatic N) is 1. The Morgan fingerprint density at radius 3 is 2.72 bits per heavy atom. The molecule has 0 fully saturated rings. The van der Waals surface area contributed by atoms with E-state index >= 15 is 0 Å². The Bertz CT molecular complexity index is 1060. The van der Waals surface area contributed by atoms with Gasteiger partial charge in [0.15, 0.2) is 5.13 Å². The molecule has 2 N–H and O–H groups in total. The maximum atomic E-state index is 12.4. The third-order valence-electron chi connectivity index (χ3n) is 5.20. The van der Waals surface area contributed by atoms with Gasteiger partial charge in [-0.1, -0.05) is 48.0 Å². The Kier molecular flexibility index (Phi) is 5.45. The second-order valence-electron chi connectivity index (χ2n) is 7.42. The summed E-state index contributed by atoms with van der Waals surface area (Å²) in [6.45, 7) is 4.06. The number of rotatable bonds is 5. The molecule has 148 valence electrons. The molecule has 6 heteroatoms. The van der Waals surface area contributed by atoms with Crippen LogP contribution in [0.2, 0.25) is 0 Å². The number of aryl methyl sites for hydroxylation is 2. The molecular weight excluding hydrogens is 382 g/mol. The van der Waals surface area contributed by atoms with Crippen molar-refractivity contribution in [2.75, 3.05) is 10.6 Å². The molecule has 1 aliphatic heterocycles. The molecule has 2 amide bonds. The summed E-state index contributed by atoms with van der Waals surface area (Å²) in [5.41, 5.74) is 5.14. The van der Waals surface area contributed by atoms with Crippen molar-refractivity contribution in [3.8, 4) is 11.3 Å². The van der Waals surface area contributed by atoms with Gasteiger partial charge in [-0.3, -0.25) is 9.59 Å². The highest BCUT2D eigenvalue weighted by molar-refractivity contribution is 7.16. The molecule has 1 aromatic heterocycles. The first-order valence-electron chi connectivity index (χ1n) is 9.72. The van der Waals surface area contributed by atoms with Crippen LogP contribution in [0.1, 0.15) is 28.8 Å². The van der Waals surface area contributed by atoms with Crippen molar-refractivity contribution in [3.63, 3.8) is 0 Å². The highest BCUT2D eigenvalue weighted by atomic mass is 32.1. The molecule has 1 aliphatic rings. The third-order valence-corrected chi connectivity index (χ3v) is 6.09. The minimum atomic E-state index is -0.184. The average molecular weight is 406 g/mol. The predicted octanol–water partition coefficient (Wildman–Crippen LogP) is 4.96. The summed E-state index contributed by atoms with van der Waals surface area (Å²) < 4.78 is 0. The van der Waals surface area contributed by atoms with Crippen molar-refractivity contribution in [2.24, 2.45) is 5.92 Å². The van der Waals surface area contributed by atoms with Crippen LogP contribution in [0.3, 0.4) is 0 Å². The van der Waals surface area contributed by atoms with E-state index in [9.17, 15) is 9.59 Å². The lowest BCUT2D eigenvalue weighted by Gasteiger charge is -2.24. The molecule has 0 saturated heterocycles. The zero-order valence-corrected chi connectivity index (χ0v) is 17.3. The van der Waals surface area contributed by atoms with Crippen LogP contribution in [-0.2, 0) is 16.0 Å². The van der Waals surface area contributed by atoms with E-state index < -0.39 is 0 Å². The number of hydrogen-bond donors (Lipinski definition) is 2. The van der Waals surface area contributed by atoms with Gasteiger partial charge in [-0.25, -0.2) is 4.98 Å². The maximum absolute atomic E-state index is 12.4. The van der Waals surface area contributed by atoms with Crippen LogP contribution >= 0.6 is 11.3 Å². The van der Waals surface area contributed by atoms with Gasteiger partial charge >= 0.3 is 0 Å². The fourth-order valence-electron chi connectivity index (χ4n) is 3.56. The van der Waals surface area contributed by atoms with Crippen LogP contribution in [-0.4, -0.2) is 16.8 Å². The first-order chi connectivity index (χ1) is 14.0. The molecule has 29 heavy (non-hydrogen) atoms. The van der Waals surface area contributed by atoms with Gasteiger partial charge in [-0.05, 0) is 38.3 Å². The van der Waals surface area contributed by atoms with Crippen molar-refractivity contribution >= 4 is 34.0 Å². The topological polar surface area (TPSA) is 71.1 Å². The lowest BCUT2D eigenvalue weighted by atomic mass is 9.89. The SMILES string of the molecule is Cc1ccc(-c2nc(NC(=O)CCC3Cc4ccccc4NC3=O)sc2C)cc1. The van der Waals surface area contributed by atoms with Gasteiger partial charge in [0.1, 0.15) is 0 Å². The Hall–Kier alpha value is -2.99. The smallest absolute Gasteiger partial charge is 0.227 e. The van der Waals surface area contributed by atoms with E-state index in [0.717, 1.165) is 27.4 Å². The van der Waals surface area contributed by atoms with Crippen molar-refractivity contribution < 1.29 is 9.59 Å². The van der Waals surface area contributed by atoms with E-state index in [0.29, 0.717) is 24.4 Å². The summed E-state index contributed by atoms with van der Waals surface area (Å²) in [4.78, 5) is 30.4. The minimum absolute atomic E-state index is 0.0109. The number of amides is 2. The van der Waals surface area contributed by atoms with Gasteiger partial charge in [-0.15, -0.1) is 11.3 Å². The van der Waals surface area contributed by atoms with Crippen molar-refractivity contribution in [1.82, 2.24) is 4.98 Å². The van der Waals surface area contributed by atoms with E-state index in [1.54, 1.807) is 0 Å². The summed E-state index contributed by atoms with van der Waals surface area (Å²) in [7, 11) is 0. The molecule has 0 bridgehead atoms. The zero-order chi connectivity index (χ0) is 20.4. The second kappa shape index (κ2) is 8.17. The summed E-state index contributed by atoms with van der Waals surface area (Å²) in [6, 6.07) is 16.0. The molecule has 3 aromatic rings. The Labute approximate surface area is 174 Å². The number of anilines is 2. The molecule has 0 aliphatic carbocycles. The molecule has 2 heterocycles. The van der Waals surface area contributed by atoms with E-state index in [-0.39, 0.29) is 17.7 Å². The number of carbonyl (C=O) groups excluding carboxylic acids is 2. The van der Waals surface area contributed by atoms with E-state index in [2.05, 4.69) is 34.7 Å². The highest BCUT2D eigenvalue weighted by Crippen LogP contribution is 2.31. The van der Waals surface area contributed by atoms with Gasteiger partial charge in [-0.2, -0.15) is 0 Å².